The molecule has 1 atom stereocenters. The molecule has 100 valence electrons. The van der Waals surface area contributed by atoms with E-state index < -0.39 is 0 Å². The van der Waals surface area contributed by atoms with Gasteiger partial charge in [0.05, 0.1) is 0 Å². The molecule has 0 spiro atoms. The van der Waals surface area contributed by atoms with Crippen LogP contribution in [0, 0.1) is 0 Å². The van der Waals surface area contributed by atoms with E-state index in [1.807, 2.05) is 11.8 Å². The first-order chi connectivity index (χ1) is 8.65. The summed E-state index contributed by atoms with van der Waals surface area (Å²) in [6.45, 7) is 2.05. The van der Waals surface area contributed by atoms with Crippen molar-refractivity contribution in [3.8, 4) is 0 Å². The predicted molar refractivity (Wildman–Crippen MR) is 84.2 cm³/mol. The van der Waals surface area contributed by atoms with Gasteiger partial charge in [-0.05, 0) is 43.9 Å². The number of benzene rings is 1. The van der Waals surface area contributed by atoms with Gasteiger partial charge in [0.2, 0.25) is 0 Å². The van der Waals surface area contributed by atoms with Gasteiger partial charge in [0.15, 0.2) is 0 Å². The predicted octanol–water partition coefficient (Wildman–Crippen LogP) is 4.76. The van der Waals surface area contributed by atoms with Gasteiger partial charge in [-0.2, -0.15) is 0 Å². The summed E-state index contributed by atoms with van der Waals surface area (Å²) in [6.07, 6.45) is 7.93. The van der Waals surface area contributed by atoms with Crippen molar-refractivity contribution in [1.82, 2.24) is 0 Å². The molecule has 18 heavy (non-hydrogen) atoms. The fraction of sp³-hybridized carbons (Fsp3) is 0.600. The molecule has 1 aliphatic carbocycles. The molecular weight excluding hydrogens is 306 g/mol. The third kappa shape index (κ3) is 4.29. The Balaban J connectivity index is 1.99. The van der Waals surface area contributed by atoms with E-state index in [-0.39, 0.29) is 6.04 Å². The van der Waals surface area contributed by atoms with Crippen LogP contribution in [0.3, 0.4) is 0 Å². The Labute approximate surface area is 123 Å². The summed E-state index contributed by atoms with van der Waals surface area (Å²) in [6, 6.07) is 6.95. The van der Waals surface area contributed by atoms with Crippen LogP contribution in [0.15, 0.2) is 27.6 Å². The second kappa shape index (κ2) is 6.97. The van der Waals surface area contributed by atoms with Crippen LogP contribution in [0.1, 0.15) is 44.6 Å². The van der Waals surface area contributed by atoms with Gasteiger partial charge in [-0.1, -0.05) is 41.3 Å². The molecule has 0 amide bonds. The minimum absolute atomic E-state index is 0.221. The van der Waals surface area contributed by atoms with Crippen molar-refractivity contribution in [1.29, 1.82) is 0 Å². The van der Waals surface area contributed by atoms with Crippen LogP contribution >= 0.6 is 27.7 Å². The number of rotatable bonds is 4. The minimum atomic E-state index is 0.221. The van der Waals surface area contributed by atoms with Crippen molar-refractivity contribution in [2.24, 2.45) is 5.73 Å². The molecular formula is C15H22BrNS. The van der Waals surface area contributed by atoms with Crippen LogP contribution in [-0.2, 0) is 6.42 Å². The Morgan fingerprint density at radius 3 is 2.67 bits per heavy atom. The quantitative estimate of drug-likeness (QED) is 0.862. The summed E-state index contributed by atoms with van der Waals surface area (Å²) in [5.41, 5.74) is 7.17. The van der Waals surface area contributed by atoms with E-state index in [4.69, 9.17) is 5.73 Å². The largest absolute Gasteiger partial charge is 0.328 e. The van der Waals surface area contributed by atoms with Crippen molar-refractivity contribution < 1.29 is 0 Å². The van der Waals surface area contributed by atoms with E-state index in [2.05, 4.69) is 41.1 Å². The third-order valence-electron chi connectivity index (χ3n) is 3.42. The van der Waals surface area contributed by atoms with E-state index in [0.29, 0.717) is 0 Å². The zero-order chi connectivity index (χ0) is 13.0. The standard InChI is InChI=1S/C15H22BrNS/c1-11(17)9-12-7-8-14(10-15(12)16)18-13-5-3-2-4-6-13/h7-8,10-11,13H,2-6,9,17H2,1H3. The Kier molecular flexibility index (Phi) is 5.58. The highest BCUT2D eigenvalue weighted by molar-refractivity contribution is 9.10. The van der Waals surface area contributed by atoms with Crippen LogP contribution in [0.4, 0.5) is 0 Å². The van der Waals surface area contributed by atoms with E-state index >= 15 is 0 Å². The van der Waals surface area contributed by atoms with E-state index in [1.54, 1.807) is 0 Å². The highest BCUT2D eigenvalue weighted by atomic mass is 79.9. The maximum absolute atomic E-state index is 5.85. The highest BCUT2D eigenvalue weighted by Gasteiger charge is 2.15. The molecule has 3 heteroatoms. The topological polar surface area (TPSA) is 26.0 Å². The third-order valence-corrected chi connectivity index (χ3v) is 5.49. The summed E-state index contributed by atoms with van der Waals surface area (Å²) in [5, 5.41) is 0.824. The van der Waals surface area contributed by atoms with Gasteiger partial charge >= 0.3 is 0 Å². The minimum Gasteiger partial charge on any atom is -0.328 e. The second-order valence-electron chi connectivity index (χ2n) is 5.31. The number of hydrogen-bond acceptors (Lipinski definition) is 2. The van der Waals surface area contributed by atoms with Crippen molar-refractivity contribution in [2.75, 3.05) is 0 Å². The number of hydrogen-bond donors (Lipinski definition) is 1. The van der Waals surface area contributed by atoms with Crippen molar-refractivity contribution in [3.63, 3.8) is 0 Å². The molecule has 2 rings (SSSR count). The normalized spacial score (nSPS) is 18.8. The van der Waals surface area contributed by atoms with Crippen LogP contribution in [0.2, 0.25) is 0 Å². The molecule has 1 aromatic rings. The zero-order valence-corrected chi connectivity index (χ0v) is 13.4. The molecule has 1 fully saturated rings. The Morgan fingerprint density at radius 2 is 2.06 bits per heavy atom. The molecule has 1 nitrogen and oxygen atoms in total. The van der Waals surface area contributed by atoms with Gasteiger partial charge in [0, 0.05) is 20.7 Å². The molecule has 2 N–H and O–H groups in total. The molecule has 1 aliphatic rings. The Bertz CT molecular complexity index is 386. The fourth-order valence-corrected chi connectivity index (χ4v) is 4.47. The molecule has 0 aromatic heterocycles. The monoisotopic (exact) mass is 327 g/mol. The molecule has 1 saturated carbocycles. The molecule has 0 bridgehead atoms. The summed E-state index contributed by atoms with van der Waals surface area (Å²) >= 11 is 5.72. The number of thioether (sulfide) groups is 1. The summed E-state index contributed by atoms with van der Waals surface area (Å²) < 4.78 is 1.21. The van der Waals surface area contributed by atoms with Gasteiger partial charge < -0.3 is 5.73 Å². The lowest BCUT2D eigenvalue weighted by Crippen LogP contribution is -2.18. The van der Waals surface area contributed by atoms with E-state index in [9.17, 15) is 0 Å². The van der Waals surface area contributed by atoms with E-state index in [1.165, 1.54) is 47.0 Å². The molecule has 1 unspecified atom stereocenters. The maximum Gasteiger partial charge on any atom is 0.0219 e. The SMILES string of the molecule is CC(N)Cc1ccc(SC2CCCCC2)cc1Br. The highest BCUT2D eigenvalue weighted by Crippen LogP contribution is 2.35. The van der Waals surface area contributed by atoms with Gasteiger partial charge in [0.25, 0.3) is 0 Å². The molecule has 1 aromatic carbocycles. The van der Waals surface area contributed by atoms with Crippen LogP contribution in [-0.4, -0.2) is 11.3 Å². The smallest absolute Gasteiger partial charge is 0.0219 e. The first-order valence-corrected chi connectivity index (χ1v) is 8.53. The van der Waals surface area contributed by atoms with Crippen LogP contribution in [0.25, 0.3) is 0 Å². The summed E-state index contributed by atoms with van der Waals surface area (Å²) in [4.78, 5) is 1.39. The van der Waals surface area contributed by atoms with Gasteiger partial charge in [0.1, 0.15) is 0 Å². The molecule has 0 saturated heterocycles. The summed E-state index contributed by atoms with van der Waals surface area (Å²) in [5.74, 6) is 0. The lowest BCUT2D eigenvalue weighted by molar-refractivity contribution is 0.516. The summed E-state index contributed by atoms with van der Waals surface area (Å²) in [7, 11) is 0. The number of halogens is 1. The first kappa shape index (κ1) is 14.4. The second-order valence-corrected chi connectivity index (χ2v) is 7.54. The molecule has 0 radical (unpaired) electrons. The molecule has 0 heterocycles. The fourth-order valence-electron chi connectivity index (χ4n) is 2.49. The van der Waals surface area contributed by atoms with Crippen LogP contribution < -0.4 is 5.73 Å². The average Bonchev–Trinajstić information content (AvgIpc) is 2.33. The van der Waals surface area contributed by atoms with E-state index in [0.717, 1.165) is 11.7 Å². The zero-order valence-electron chi connectivity index (χ0n) is 11.0. The lowest BCUT2D eigenvalue weighted by Gasteiger charge is -2.21. The maximum atomic E-state index is 5.85. The van der Waals surface area contributed by atoms with Gasteiger partial charge in [-0.3, -0.25) is 0 Å². The van der Waals surface area contributed by atoms with Crippen molar-refractivity contribution >= 4 is 27.7 Å². The Hall–Kier alpha value is 0.01000. The number of nitrogens with two attached hydrogens (primary N) is 1. The average molecular weight is 328 g/mol. The van der Waals surface area contributed by atoms with Crippen molar-refractivity contribution in [2.45, 2.75) is 61.6 Å². The lowest BCUT2D eigenvalue weighted by atomic mass is 10.0. The van der Waals surface area contributed by atoms with Gasteiger partial charge in [-0.15, -0.1) is 11.8 Å². The molecule has 0 aliphatic heterocycles. The Morgan fingerprint density at radius 1 is 1.33 bits per heavy atom. The van der Waals surface area contributed by atoms with Crippen LogP contribution in [0.5, 0.6) is 0 Å². The first-order valence-electron chi connectivity index (χ1n) is 6.86. The van der Waals surface area contributed by atoms with Crippen molar-refractivity contribution in [3.05, 3.63) is 28.2 Å². The van der Waals surface area contributed by atoms with Gasteiger partial charge in [-0.25, -0.2) is 0 Å².